The van der Waals surface area contributed by atoms with E-state index in [1.165, 1.54) is 41.4 Å². The highest BCUT2D eigenvalue weighted by Crippen LogP contribution is 2.31. The summed E-state index contributed by atoms with van der Waals surface area (Å²) >= 11 is -0.481. The standard InChI is InChI=1S/C12H15.ClH.Mg/c1-3-7-11(8-4-1)12-9-5-2-6-10-12;;/h5-6,9-11H,1,3-4,7-8H2;1H;/q;;+1/p-1. The molecule has 0 atom stereocenters. The van der Waals surface area contributed by atoms with Gasteiger partial charge in [0.25, 0.3) is 0 Å². The minimum Gasteiger partial charge on any atom is -0.336 e. The maximum absolute atomic E-state index is 5.90. The third-order valence-corrected chi connectivity index (χ3v) is 4.92. The van der Waals surface area contributed by atoms with Gasteiger partial charge in [0.15, 0.2) is 0 Å². The zero-order chi connectivity index (χ0) is 9.80. The Morgan fingerprint density at radius 1 is 1.00 bits per heavy atom. The Balaban J connectivity index is 2.07. The van der Waals surface area contributed by atoms with Crippen molar-refractivity contribution in [3.8, 4) is 0 Å². The molecule has 2 heteroatoms. The molecule has 0 aromatic heterocycles. The molecular weight excluding hydrogens is 204 g/mol. The van der Waals surface area contributed by atoms with Crippen LogP contribution < -0.4 is 3.69 Å². The van der Waals surface area contributed by atoms with Crippen LogP contribution in [-0.4, -0.2) is 19.3 Å². The van der Waals surface area contributed by atoms with Gasteiger partial charge in [-0.3, -0.25) is 0 Å². The quantitative estimate of drug-likeness (QED) is 0.670. The van der Waals surface area contributed by atoms with E-state index >= 15 is 0 Å². The van der Waals surface area contributed by atoms with Gasteiger partial charge in [0.2, 0.25) is 0 Å². The van der Waals surface area contributed by atoms with E-state index in [0.717, 1.165) is 5.92 Å². The lowest BCUT2D eigenvalue weighted by molar-refractivity contribution is 0.443. The van der Waals surface area contributed by atoms with Crippen molar-refractivity contribution >= 4 is 32.0 Å². The Kier molecular flexibility index (Phi) is 4.15. The fraction of sp³-hybridized carbons (Fsp3) is 0.500. The van der Waals surface area contributed by atoms with Crippen molar-refractivity contribution in [3.05, 3.63) is 29.8 Å². The van der Waals surface area contributed by atoms with Crippen molar-refractivity contribution in [1.82, 2.24) is 0 Å². The highest BCUT2D eigenvalue weighted by atomic mass is 35.5. The first-order chi connectivity index (χ1) is 6.90. The molecular formula is C12H15ClMg. The molecule has 0 heterocycles. The Bertz CT molecular complexity index is 275. The lowest BCUT2D eigenvalue weighted by atomic mass is 9.84. The van der Waals surface area contributed by atoms with Crippen LogP contribution in [0.1, 0.15) is 43.6 Å². The molecule has 0 spiro atoms. The van der Waals surface area contributed by atoms with Gasteiger partial charge in [-0.2, -0.15) is 0 Å². The lowest BCUT2D eigenvalue weighted by Gasteiger charge is -2.22. The molecule has 14 heavy (non-hydrogen) atoms. The van der Waals surface area contributed by atoms with Gasteiger partial charge in [-0.1, -0.05) is 43.5 Å². The number of hydrogen-bond acceptors (Lipinski definition) is 0. The zero-order valence-corrected chi connectivity index (χ0v) is 10.7. The average molecular weight is 219 g/mol. The molecule has 0 N–H and O–H groups in total. The monoisotopic (exact) mass is 218 g/mol. The van der Waals surface area contributed by atoms with Crippen LogP contribution in [0.3, 0.4) is 0 Å². The normalized spacial score (nSPS) is 17.8. The second-order valence-electron chi connectivity index (χ2n) is 4.21. The highest BCUT2D eigenvalue weighted by molar-refractivity contribution is 7.01. The van der Waals surface area contributed by atoms with Crippen molar-refractivity contribution in [3.63, 3.8) is 0 Å². The first kappa shape index (κ1) is 10.8. The van der Waals surface area contributed by atoms with Crippen molar-refractivity contribution in [1.29, 1.82) is 0 Å². The fourth-order valence-corrected chi connectivity index (χ4v) is 3.26. The van der Waals surface area contributed by atoms with Crippen molar-refractivity contribution in [2.45, 2.75) is 38.0 Å². The summed E-state index contributed by atoms with van der Waals surface area (Å²) in [4.78, 5) is 0. The van der Waals surface area contributed by atoms with Crippen LogP contribution in [0, 0.1) is 0 Å². The molecule has 1 aromatic rings. The Hall–Kier alpha value is 0.276. The summed E-state index contributed by atoms with van der Waals surface area (Å²) in [6.07, 6.45) is 7.03. The summed E-state index contributed by atoms with van der Waals surface area (Å²) in [5.41, 5.74) is 1.53. The molecule has 0 unspecified atom stereocenters. The summed E-state index contributed by atoms with van der Waals surface area (Å²) in [6.45, 7) is 0. The van der Waals surface area contributed by atoms with Crippen LogP contribution in [0.5, 0.6) is 0 Å². The van der Waals surface area contributed by atoms with Gasteiger partial charge < -0.3 is 9.07 Å². The Morgan fingerprint density at radius 2 is 1.64 bits per heavy atom. The maximum Gasteiger partial charge on any atom is 0.538 e. The van der Waals surface area contributed by atoms with Gasteiger partial charge in [-0.25, -0.2) is 0 Å². The van der Waals surface area contributed by atoms with Gasteiger partial charge in [0.1, 0.15) is 0 Å². The zero-order valence-electron chi connectivity index (χ0n) is 8.51. The lowest BCUT2D eigenvalue weighted by Crippen LogP contribution is -2.10. The molecule has 0 bridgehead atoms. The molecule has 1 aromatic carbocycles. The molecule has 0 radical (unpaired) electrons. The molecule has 72 valence electrons. The third kappa shape index (κ3) is 2.65. The van der Waals surface area contributed by atoms with Gasteiger partial charge in [0, 0.05) is 0 Å². The molecule has 0 nitrogen and oxygen atoms in total. The minimum absolute atomic E-state index is 0.481. The van der Waals surface area contributed by atoms with E-state index in [1.54, 1.807) is 0 Å². The molecule has 0 amide bonds. The van der Waals surface area contributed by atoms with Crippen molar-refractivity contribution < 1.29 is 0 Å². The van der Waals surface area contributed by atoms with Gasteiger partial charge in [-0.15, -0.1) is 3.69 Å². The number of rotatable bonds is 2. The van der Waals surface area contributed by atoms with Crippen LogP contribution in [0.2, 0.25) is 0 Å². The van der Waals surface area contributed by atoms with Crippen molar-refractivity contribution in [2.75, 3.05) is 0 Å². The van der Waals surface area contributed by atoms with E-state index in [0.29, 0.717) is 0 Å². The molecule has 1 aliphatic carbocycles. The SMILES string of the molecule is [Cl][Mg][c]1ccc(C2CCCCC2)cc1. The minimum atomic E-state index is -0.481. The topological polar surface area (TPSA) is 0 Å². The summed E-state index contributed by atoms with van der Waals surface area (Å²) in [7, 11) is 5.90. The molecule has 1 aliphatic rings. The molecule has 2 rings (SSSR count). The second-order valence-corrected chi connectivity index (χ2v) is 6.10. The highest BCUT2D eigenvalue weighted by Gasteiger charge is 2.14. The van der Waals surface area contributed by atoms with Crippen LogP contribution >= 0.6 is 9.07 Å². The molecule has 0 aliphatic heterocycles. The number of hydrogen-bond donors (Lipinski definition) is 0. The predicted octanol–water partition coefficient (Wildman–Crippen LogP) is 3.22. The van der Waals surface area contributed by atoms with Crippen LogP contribution in [0.15, 0.2) is 24.3 Å². The van der Waals surface area contributed by atoms with E-state index in [9.17, 15) is 0 Å². The number of benzene rings is 1. The Morgan fingerprint density at radius 3 is 2.21 bits per heavy atom. The van der Waals surface area contributed by atoms with E-state index in [-0.39, 0.29) is 0 Å². The van der Waals surface area contributed by atoms with Gasteiger partial charge in [-0.05, 0) is 24.3 Å². The first-order valence-electron chi connectivity index (χ1n) is 5.55. The van der Waals surface area contributed by atoms with Crippen molar-refractivity contribution in [2.24, 2.45) is 0 Å². The Labute approximate surface area is 99.5 Å². The third-order valence-electron chi connectivity index (χ3n) is 3.21. The van der Waals surface area contributed by atoms with E-state index < -0.39 is 19.3 Å². The second kappa shape index (κ2) is 5.38. The van der Waals surface area contributed by atoms with Gasteiger partial charge >= 0.3 is 19.3 Å². The van der Waals surface area contributed by atoms with Crippen LogP contribution in [0.4, 0.5) is 0 Å². The summed E-state index contributed by atoms with van der Waals surface area (Å²) in [5, 5.41) is 0. The fourth-order valence-electron chi connectivity index (χ4n) is 2.31. The number of halogens is 1. The average Bonchev–Trinajstić information content (AvgIpc) is 2.30. The van der Waals surface area contributed by atoms with Crippen LogP contribution in [-0.2, 0) is 0 Å². The van der Waals surface area contributed by atoms with E-state index in [1.807, 2.05) is 0 Å². The largest absolute Gasteiger partial charge is 0.538 e. The molecule has 1 saturated carbocycles. The van der Waals surface area contributed by atoms with Gasteiger partial charge in [0.05, 0.1) is 0 Å². The first-order valence-corrected chi connectivity index (χ1v) is 8.39. The predicted molar refractivity (Wildman–Crippen MR) is 63.5 cm³/mol. The van der Waals surface area contributed by atoms with E-state index in [4.69, 9.17) is 9.07 Å². The maximum atomic E-state index is 5.90. The molecule has 1 fully saturated rings. The summed E-state index contributed by atoms with van der Waals surface area (Å²) in [6, 6.07) is 9.04. The van der Waals surface area contributed by atoms with E-state index in [2.05, 4.69) is 24.3 Å². The summed E-state index contributed by atoms with van der Waals surface area (Å²) < 4.78 is 1.37. The molecule has 0 saturated heterocycles. The summed E-state index contributed by atoms with van der Waals surface area (Å²) in [5.74, 6) is 0.829. The smallest absolute Gasteiger partial charge is 0.336 e. The van der Waals surface area contributed by atoms with Crippen LogP contribution in [0.25, 0.3) is 0 Å².